The van der Waals surface area contributed by atoms with Gasteiger partial charge in [-0.25, -0.2) is 19.9 Å². The van der Waals surface area contributed by atoms with Gasteiger partial charge in [0.05, 0.1) is 0 Å². The number of nitrogens with zero attached hydrogens (tertiary/aromatic N) is 6. The van der Waals surface area contributed by atoms with E-state index in [4.69, 9.17) is 4.98 Å². The van der Waals surface area contributed by atoms with Crippen LogP contribution < -0.4 is 9.80 Å². The van der Waals surface area contributed by atoms with E-state index in [1.807, 2.05) is 6.20 Å². The van der Waals surface area contributed by atoms with Gasteiger partial charge >= 0.3 is 0 Å². The van der Waals surface area contributed by atoms with E-state index in [0.29, 0.717) is 17.8 Å². The van der Waals surface area contributed by atoms with Crippen molar-refractivity contribution >= 4 is 11.6 Å². The number of fused-ring (bicyclic) bond motifs is 1. The lowest BCUT2D eigenvalue weighted by Gasteiger charge is -2.24. The number of aromatic nitrogens is 4. The molecule has 1 aliphatic carbocycles. The van der Waals surface area contributed by atoms with Crippen LogP contribution in [-0.4, -0.2) is 46.1 Å². The summed E-state index contributed by atoms with van der Waals surface area (Å²) in [6, 6.07) is 2.07. The number of hydrogen-bond acceptors (Lipinski definition) is 6. The van der Waals surface area contributed by atoms with Crippen molar-refractivity contribution < 1.29 is 0 Å². The third-order valence-corrected chi connectivity index (χ3v) is 6.02. The SMILES string of the molecule is Cc1ncnc(N2CC3CN(c4ccnc(C5CC5)n4)CC3C2)c1C. The fraction of sp³-hybridized carbons (Fsp3) is 0.579. The molecule has 2 unspecified atom stereocenters. The standard InChI is InChI=1S/C19H24N6/c1-12-13(2)21-11-22-19(12)25-9-15-7-24(8-16(15)10-25)17-5-6-20-18(23-17)14-3-4-14/h5-6,11,14-16H,3-4,7-10H2,1-2H3. The summed E-state index contributed by atoms with van der Waals surface area (Å²) in [5.41, 5.74) is 2.29. The molecule has 2 aromatic heterocycles. The van der Waals surface area contributed by atoms with Crippen LogP contribution in [0.15, 0.2) is 18.6 Å². The lowest BCUT2D eigenvalue weighted by molar-refractivity contribution is 0.533. The molecule has 1 saturated carbocycles. The Morgan fingerprint density at radius 1 is 0.920 bits per heavy atom. The molecule has 0 N–H and O–H groups in total. The molecular weight excluding hydrogens is 312 g/mol. The van der Waals surface area contributed by atoms with Crippen LogP contribution in [0.2, 0.25) is 0 Å². The first-order valence-electron chi connectivity index (χ1n) is 9.30. The molecule has 2 atom stereocenters. The third kappa shape index (κ3) is 2.64. The molecule has 4 heterocycles. The van der Waals surface area contributed by atoms with Crippen molar-refractivity contribution in [2.45, 2.75) is 32.6 Å². The Hall–Kier alpha value is -2.24. The van der Waals surface area contributed by atoms with Crippen LogP contribution in [0.1, 0.15) is 35.8 Å². The first-order chi connectivity index (χ1) is 12.2. The monoisotopic (exact) mass is 336 g/mol. The van der Waals surface area contributed by atoms with Crippen LogP contribution in [0.5, 0.6) is 0 Å². The normalized spacial score (nSPS) is 25.5. The van der Waals surface area contributed by atoms with Gasteiger partial charge in [-0.1, -0.05) is 0 Å². The Kier molecular flexibility index (Phi) is 3.40. The highest BCUT2D eigenvalue weighted by Crippen LogP contribution is 2.39. The number of hydrogen-bond donors (Lipinski definition) is 0. The lowest BCUT2D eigenvalue weighted by atomic mass is 10.0. The average Bonchev–Trinajstić information content (AvgIpc) is 3.28. The van der Waals surface area contributed by atoms with Crippen molar-refractivity contribution in [1.82, 2.24) is 19.9 Å². The summed E-state index contributed by atoms with van der Waals surface area (Å²) < 4.78 is 0. The predicted molar refractivity (Wildman–Crippen MR) is 96.9 cm³/mol. The van der Waals surface area contributed by atoms with Gasteiger partial charge in [-0.2, -0.15) is 0 Å². The van der Waals surface area contributed by atoms with Crippen LogP contribution in [0.4, 0.5) is 11.6 Å². The van der Waals surface area contributed by atoms with Gasteiger partial charge < -0.3 is 9.80 Å². The fourth-order valence-electron chi connectivity index (χ4n) is 4.28. The molecular formula is C19H24N6. The van der Waals surface area contributed by atoms with Crippen LogP contribution >= 0.6 is 0 Å². The zero-order valence-corrected chi connectivity index (χ0v) is 14.9. The minimum atomic E-state index is 0.613. The molecule has 2 saturated heterocycles. The summed E-state index contributed by atoms with van der Waals surface area (Å²) in [6.45, 7) is 8.53. The summed E-state index contributed by atoms with van der Waals surface area (Å²) >= 11 is 0. The highest BCUT2D eigenvalue weighted by molar-refractivity contribution is 5.50. The van der Waals surface area contributed by atoms with E-state index in [1.165, 1.54) is 18.4 Å². The van der Waals surface area contributed by atoms with Crippen molar-refractivity contribution in [3.63, 3.8) is 0 Å². The average molecular weight is 336 g/mol. The highest BCUT2D eigenvalue weighted by atomic mass is 15.3. The maximum absolute atomic E-state index is 4.83. The Morgan fingerprint density at radius 2 is 1.64 bits per heavy atom. The molecule has 130 valence electrons. The van der Waals surface area contributed by atoms with Crippen molar-refractivity contribution in [2.24, 2.45) is 11.8 Å². The van der Waals surface area contributed by atoms with Crippen LogP contribution in [0.3, 0.4) is 0 Å². The first-order valence-corrected chi connectivity index (χ1v) is 9.30. The third-order valence-electron chi connectivity index (χ3n) is 6.02. The summed E-state index contributed by atoms with van der Waals surface area (Å²) in [4.78, 5) is 23.0. The molecule has 0 bridgehead atoms. The van der Waals surface area contributed by atoms with E-state index in [-0.39, 0.29) is 0 Å². The molecule has 2 aliphatic heterocycles. The van der Waals surface area contributed by atoms with E-state index in [9.17, 15) is 0 Å². The van der Waals surface area contributed by atoms with Gasteiger partial charge in [0.2, 0.25) is 0 Å². The maximum atomic E-state index is 4.83. The minimum Gasteiger partial charge on any atom is -0.356 e. The Bertz CT molecular complexity index is 788. The molecule has 3 aliphatic rings. The molecule has 0 radical (unpaired) electrons. The molecule has 25 heavy (non-hydrogen) atoms. The smallest absolute Gasteiger partial charge is 0.135 e. The number of anilines is 2. The molecule has 6 heteroatoms. The van der Waals surface area contributed by atoms with Gasteiger partial charge in [-0.05, 0) is 32.8 Å². The largest absolute Gasteiger partial charge is 0.356 e. The molecule has 6 nitrogen and oxygen atoms in total. The van der Waals surface area contributed by atoms with Crippen molar-refractivity contribution in [1.29, 1.82) is 0 Å². The second-order valence-corrected chi connectivity index (χ2v) is 7.79. The van der Waals surface area contributed by atoms with Gasteiger partial charge in [0.1, 0.15) is 23.8 Å². The molecule has 3 fully saturated rings. The molecule has 0 aromatic carbocycles. The number of aryl methyl sites for hydroxylation is 1. The van der Waals surface area contributed by atoms with Gasteiger partial charge in [0, 0.05) is 61.4 Å². The molecule has 0 amide bonds. The van der Waals surface area contributed by atoms with Crippen molar-refractivity contribution in [2.75, 3.05) is 36.0 Å². The van der Waals surface area contributed by atoms with Gasteiger partial charge in [0.15, 0.2) is 0 Å². The lowest BCUT2D eigenvalue weighted by Crippen LogP contribution is -2.30. The summed E-state index contributed by atoms with van der Waals surface area (Å²) in [5.74, 6) is 5.27. The molecule has 2 aromatic rings. The van der Waals surface area contributed by atoms with Crippen LogP contribution in [0, 0.1) is 25.7 Å². The molecule has 5 rings (SSSR count). The van der Waals surface area contributed by atoms with E-state index in [0.717, 1.165) is 49.3 Å². The topological polar surface area (TPSA) is 58.0 Å². The number of rotatable bonds is 3. The van der Waals surface area contributed by atoms with Crippen LogP contribution in [-0.2, 0) is 0 Å². The van der Waals surface area contributed by atoms with Gasteiger partial charge in [-0.15, -0.1) is 0 Å². The quantitative estimate of drug-likeness (QED) is 0.857. The maximum Gasteiger partial charge on any atom is 0.135 e. The van der Waals surface area contributed by atoms with Gasteiger partial charge in [0.25, 0.3) is 0 Å². The van der Waals surface area contributed by atoms with E-state index < -0.39 is 0 Å². The second kappa shape index (κ2) is 5.64. The fourth-order valence-corrected chi connectivity index (χ4v) is 4.28. The van der Waals surface area contributed by atoms with E-state index in [1.54, 1.807) is 6.33 Å². The van der Waals surface area contributed by atoms with E-state index >= 15 is 0 Å². The Balaban J connectivity index is 1.30. The zero-order valence-electron chi connectivity index (χ0n) is 14.9. The minimum absolute atomic E-state index is 0.613. The first kappa shape index (κ1) is 15.0. The zero-order chi connectivity index (χ0) is 17.0. The summed E-state index contributed by atoms with van der Waals surface area (Å²) in [7, 11) is 0. The summed E-state index contributed by atoms with van der Waals surface area (Å²) in [6.07, 6.45) is 6.13. The van der Waals surface area contributed by atoms with E-state index in [2.05, 4.69) is 44.7 Å². The Morgan fingerprint density at radius 3 is 2.36 bits per heavy atom. The second-order valence-electron chi connectivity index (χ2n) is 7.79. The Labute approximate surface area is 148 Å². The van der Waals surface area contributed by atoms with Crippen molar-refractivity contribution in [3.8, 4) is 0 Å². The summed E-state index contributed by atoms with van der Waals surface area (Å²) in [5, 5.41) is 0. The van der Waals surface area contributed by atoms with Gasteiger partial charge in [-0.3, -0.25) is 0 Å². The predicted octanol–water partition coefficient (Wildman–Crippen LogP) is 2.33. The van der Waals surface area contributed by atoms with Crippen LogP contribution in [0.25, 0.3) is 0 Å². The highest BCUT2D eigenvalue weighted by Gasteiger charge is 2.41. The molecule has 0 spiro atoms. The van der Waals surface area contributed by atoms with Crippen molar-refractivity contribution in [3.05, 3.63) is 35.7 Å².